The van der Waals surface area contributed by atoms with E-state index in [2.05, 4.69) is 14.7 Å². The Morgan fingerprint density at radius 2 is 2.00 bits per heavy atom. The number of hydrogen-bond donors (Lipinski definition) is 3. The first-order valence-electron chi connectivity index (χ1n) is 9.56. The van der Waals surface area contributed by atoms with Crippen LogP contribution in [0.1, 0.15) is 35.2 Å². The minimum atomic E-state index is -3.44. The molecule has 0 unspecified atom stereocenters. The van der Waals surface area contributed by atoms with Gasteiger partial charge in [-0.3, -0.25) is 24.3 Å². The van der Waals surface area contributed by atoms with Crippen LogP contribution in [0.2, 0.25) is 0 Å². The lowest BCUT2D eigenvalue weighted by Crippen LogP contribution is -2.37. The van der Waals surface area contributed by atoms with E-state index in [9.17, 15) is 22.8 Å². The third-order valence-electron chi connectivity index (χ3n) is 5.42. The fourth-order valence-electron chi connectivity index (χ4n) is 4.08. The highest BCUT2D eigenvalue weighted by atomic mass is 32.2. The first-order valence-corrected chi connectivity index (χ1v) is 11.4. The van der Waals surface area contributed by atoms with Crippen LogP contribution >= 0.6 is 0 Å². The summed E-state index contributed by atoms with van der Waals surface area (Å²) < 4.78 is 31.3. The molecule has 1 aromatic heterocycles. The minimum Gasteiger partial charge on any atom is -0.471 e. The van der Waals surface area contributed by atoms with Gasteiger partial charge in [0.2, 0.25) is 15.9 Å². The van der Waals surface area contributed by atoms with Crippen LogP contribution in [-0.4, -0.2) is 54.1 Å². The number of amides is 1. The summed E-state index contributed by atoms with van der Waals surface area (Å²) in [6, 6.07) is 6.36. The molecule has 4 rings (SSSR count). The topological polar surface area (TPSA) is 141 Å². The van der Waals surface area contributed by atoms with Crippen molar-refractivity contribution in [3.8, 4) is 5.88 Å². The third kappa shape index (κ3) is 4.11. The Hall–Kier alpha value is -3.08. The fourth-order valence-corrected chi connectivity index (χ4v) is 4.63. The highest BCUT2D eigenvalue weighted by Crippen LogP contribution is 2.38. The van der Waals surface area contributed by atoms with Crippen LogP contribution in [0, 0.1) is 0 Å². The molecular weight excluding hydrogens is 412 g/mol. The molecule has 2 aromatic rings. The molecule has 1 atom stereocenters. The van der Waals surface area contributed by atoms with Crippen LogP contribution < -0.4 is 20.7 Å². The first-order chi connectivity index (χ1) is 14.1. The summed E-state index contributed by atoms with van der Waals surface area (Å²) in [6.45, 7) is 0.926. The zero-order valence-corrected chi connectivity index (χ0v) is 17.2. The van der Waals surface area contributed by atoms with Crippen molar-refractivity contribution in [1.82, 2.24) is 14.9 Å². The molecule has 1 spiro atoms. The number of carbonyl (C=O) groups excluding carboxylic acids is 1. The quantitative estimate of drug-likeness (QED) is 0.640. The second-order valence-corrected chi connectivity index (χ2v) is 9.53. The molecule has 2 aliphatic heterocycles. The molecule has 0 bridgehead atoms. The van der Waals surface area contributed by atoms with Gasteiger partial charge in [-0.1, -0.05) is 6.07 Å². The van der Waals surface area contributed by atoms with Gasteiger partial charge in [-0.15, -0.1) is 0 Å². The summed E-state index contributed by atoms with van der Waals surface area (Å²) in [5, 5.41) is 0. The Morgan fingerprint density at radius 1 is 1.20 bits per heavy atom. The van der Waals surface area contributed by atoms with Crippen LogP contribution in [0.25, 0.3) is 0 Å². The fraction of sp³-hybridized carbons (Fsp3) is 0.421. The van der Waals surface area contributed by atoms with Gasteiger partial charge in [0, 0.05) is 37.2 Å². The number of nitrogens with one attached hydrogen (secondary N) is 3. The molecule has 3 N–H and O–H groups in total. The molecule has 10 nitrogen and oxygen atoms in total. The predicted molar refractivity (Wildman–Crippen MR) is 109 cm³/mol. The summed E-state index contributed by atoms with van der Waals surface area (Å²) in [5.74, 6) is 0.00837. The molecule has 30 heavy (non-hydrogen) atoms. The van der Waals surface area contributed by atoms with E-state index in [1.807, 2.05) is 0 Å². The van der Waals surface area contributed by atoms with Crippen molar-refractivity contribution in [2.24, 2.45) is 0 Å². The highest BCUT2D eigenvalue weighted by Gasteiger charge is 2.43. The summed E-state index contributed by atoms with van der Waals surface area (Å²) in [6.07, 6.45) is 3.25. The molecule has 2 aliphatic rings. The molecule has 0 aliphatic carbocycles. The smallest absolute Gasteiger partial charge is 0.328 e. The summed E-state index contributed by atoms with van der Waals surface area (Å²) in [7, 11) is -3.44. The third-order valence-corrected chi connectivity index (χ3v) is 6.02. The monoisotopic (exact) mass is 434 g/mol. The highest BCUT2D eigenvalue weighted by molar-refractivity contribution is 7.92. The van der Waals surface area contributed by atoms with Crippen molar-refractivity contribution in [3.05, 3.63) is 56.2 Å². The van der Waals surface area contributed by atoms with E-state index in [1.54, 1.807) is 23.1 Å². The Morgan fingerprint density at radius 3 is 2.77 bits per heavy atom. The molecule has 160 valence electrons. The summed E-state index contributed by atoms with van der Waals surface area (Å²) in [4.78, 5) is 43.0. The van der Waals surface area contributed by atoms with Gasteiger partial charge in [0.15, 0.2) is 0 Å². The van der Waals surface area contributed by atoms with Crippen LogP contribution in [0.3, 0.4) is 0 Å². The number of nitrogens with zero attached hydrogens (tertiary/aromatic N) is 1. The predicted octanol–water partition coefficient (Wildman–Crippen LogP) is 0.435. The number of aromatic nitrogens is 2. The number of benzene rings is 1. The van der Waals surface area contributed by atoms with Gasteiger partial charge in [0.1, 0.15) is 5.60 Å². The maximum absolute atomic E-state index is 13.0. The van der Waals surface area contributed by atoms with E-state index in [4.69, 9.17) is 4.74 Å². The Balaban J connectivity index is 1.50. The maximum Gasteiger partial charge on any atom is 0.328 e. The zero-order chi connectivity index (χ0) is 21.5. The van der Waals surface area contributed by atoms with Crippen LogP contribution in [-0.2, 0) is 16.4 Å². The van der Waals surface area contributed by atoms with Crippen LogP contribution in [0.5, 0.6) is 5.88 Å². The molecule has 1 aromatic carbocycles. The lowest BCUT2D eigenvalue weighted by molar-refractivity contribution is 0.0657. The number of hydrogen-bond acceptors (Lipinski definition) is 6. The molecule has 1 fully saturated rings. The van der Waals surface area contributed by atoms with Gasteiger partial charge in [-0.2, -0.15) is 0 Å². The number of fused-ring (bicyclic) bond motifs is 1. The largest absolute Gasteiger partial charge is 0.471 e. The van der Waals surface area contributed by atoms with E-state index >= 15 is 0 Å². The number of anilines is 1. The van der Waals surface area contributed by atoms with Crippen molar-refractivity contribution in [1.29, 1.82) is 0 Å². The van der Waals surface area contributed by atoms with Gasteiger partial charge in [0.25, 0.3) is 11.5 Å². The molecule has 1 saturated heterocycles. The molecule has 1 amide bonds. The Kier molecular flexibility index (Phi) is 4.92. The molecule has 0 saturated carbocycles. The van der Waals surface area contributed by atoms with Crippen molar-refractivity contribution in [3.63, 3.8) is 0 Å². The SMILES string of the molecule is CS(=O)(=O)Nc1cccc(C(=O)N2CCC[C@@]3(CC2)Cc2c([nH]c(=O)[nH]c2=O)O3)c1. The second-order valence-electron chi connectivity index (χ2n) is 7.78. The lowest BCUT2D eigenvalue weighted by Gasteiger charge is -2.27. The van der Waals surface area contributed by atoms with Gasteiger partial charge in [-0.05, 0) is 31.0 Å². The number of rotatable bonds is 3. The zero-order valence-electron chi connectivity index (χ0n) is 16.4. The van der Waals surface area contributed by atoms with Crippen molar-refractivity contribution in [2.75, 3.05) is 24.1 Å². The van der Waals surface area contributed by atoms with E-state index in [0.29, 0.717) is 55.6 Å². The maximum atomic E-state index is 13.0. The van der Waals surface area contributed by atoms with Crippen molar-refractivity contribution in [2.45, 2.75) is 31.3 Å². The Bertz CT molecular complexity index is 1220. The summed E-state index contributed by atoms with van der Waals surface area (Å²) >= 11 is 0. The van der Waals surface area contributed by atoms with E-state index in [1.165, 1.54) is 6.07 Å². The molecular formula is C19H22N4O6S. The molecule has 3 heterocycles. The van der Waals surface area contributed by atoms with Crippen LogP contribution in [0.15, 0.2) is 33.9 Å². The number of ether oxygens (including phenoxy) is 1. The standard InChI is InChI=1S/C19H22N4O6S/c1-30(27,28)22-13-5-2-4-12(10-13)17(25)23-8-3-6-19(7-9-23)11-14-15(24)20-18(26)21-16(14)29-19/h2,4-5,10,22H,3,6-9,11H2,1H3,(H2,20,21,24,26)/t19-/m1/s1. The first kappa shape index (κ1) is 20.2. The van der Waals surface area contributed by atoms with Crippen molar-refractivity contribution < 1.29 is 17.9 Å². The van der Waals surface area contributed by atoms with E-state index in [0.717, 1.165) is 6.26 Å². The number of sulfonamides is 1. The van der Waals surface area contributed by atoms with Crippen LogP contribution in [0.4, 0.5) is 5.69 Å². The molecule has 11 heteroatoms. The van der Waals surface area contributed by atoms with Gasteiger partial charge < -0.3 is 9.64 Å². The van der Waals surface area contributed by atoms with Gasteiger partial charge in [0.05, 0.1) is 11.8 Å². The Labute approximate surface area is 172 Å². The second kappa shape index (κ2) is 7.31. The lowest BCUT2D eigenvalue weighted by atomic mass is 9.90. The minimum absolute atomic E-state index is 0.203. The normalized spacial score (nSPS) is 21.0. The van der Waals surface area contributed by atoms with Gasteiger partial charge in [-0.25, -0.2) is 13.2 Å². The van der Waals surface area contributed by atoms with E-state index in [-0.39, 0.29) is 11.8 Å². The van der Waals surface area contributed by atoms with Crippen molar-refractivity contribution >= 4 is 21.6 Å². The number of likely N-dealkylation sites (tertiary alicyclic amines) is 1. The number of carbonyl (C=O) groups is 1. The average molecular weight is 434 g/mol. The number of H-pyrrole nitrogens is 2. The molecule has 0 radical (unpaired) electrons. The summed E-state index contributed by atoms with van der Waals surface area (Å²) in [5.41, 5.74) is -0.548. The number of aromatic amines is 2. The average Bonchev–Trinajstić information content (AvgIpc) is 2.88. The van der Waals surface area contributed by atoms with E-state index < -0.39 is 26.9 Å². The van der Waals surface area contributed by atoms with Gasteiger partial charge >= 0.3 is 5.69 Å².